The molecule has 8 nitrogen and oxygen atoms in total. The summed E-state index contributed by atoms with van der Waals surface area (Å²) >= 11 is 0. The lowest BCUT2D eigenvalue weighted by molar-refractivity contribution is -0.385. The summed E-state index contributed by atoms with van der Waals surface area (Å²) in [6.45, 7) is 3.35. The summed E-state index contributed by atoms with van der Waals surface area (Å²) in [6, 6.07) is 16.8. The van der Waals surface area contributed by atoms with Gasteiger partial charge in [0.25, 0.3) is 21.6 Å². The Hall–Kier alpha value is -3.72. The summed E-state index contributed by atoms with van der Waals surface area (Å²) in [5.41, 5.74) is 2.24. The number of hydrogen-bond acceptors (Lipinski definition) is 5. The first-order valence-corrected chi connectivity index (χ1v) is 10.4. The Morgan fingerprint density at radius 3 is 2.20 bits per heavy atom. The molecule has 0 aliphatic heterocycles. The van der Waals surface area contributed by atoms with Crippen molar-refractivity contribution in [2.24, 2.45) is 0 Å². The van der Waals surface area contributed by atoms with Gasteiger partial charge in [-0.3, -0.25) is 19.6 Å². The van der Waals surface area contributed by atoms with Gasteiger partial charge in [0.2, 0.25) is 0 Å². The van der Waals surface area contributed by atoms with Gasteiger partial charge < -0.3 is 5.32 Å². The number of aryl methyl sites for hydroxylation is 2. The first-order valence-electron chi connectivity index (χ1n) is 8.92. The number of para-hydroxylation sites is 1. The quantitative estimate of drug-likeness (QED) is 0.452. The molecule has 0 aromatic heterocycles. The summed E-state index contributed by atoms with van der Waals surface area (Å²) in [6.07, 6.45) is 0. The van der Waals surface area contributed by atoms with Crippen LogP contribution in [0.5, 0.6) is 0 Å². The van der Waals surface area contributed by atoms with Gasteiger partial charge in [-0.15, -0.1) is 0 Å². The van der Waals surface area contributed by atoms with Crippen molar-refractivity contribution < 1.29 is 18.1 Å². The minimum absolute atomic E-state index is 0.0509. The van der Waals surface area contributed by atoms with E-state index in [1.165, 1.54) is 42.5 Å². The molecule has 1 amide bonds. The summed E-state index contributed by atoms with van der Waals surface area (Å²) in [5, 5.41) is 13.5. The first-order chi connectivity index (χ1) is 14.2. The maximum absolute atomic E-state index is 12.6. The van der Waals surface area contributed by atoms with Crippen LogP contribution in [0.3, 0.4) is 0 Å². The van der Waals surface area contributed by atoms with Crippen LogP contribution in [0.15, 0.2) is 71.6 Å². The van der Waals surface area contributed by atoms with E-state index in [0.29, 0.717) is 16.9 Å². The Labute approximate surface area is 173 Å². The van der Waals surface area contributed by atoms with Crippen molar-refractivity contribution in [3.8, 4) is 0 Å². The number of benzene rings is 3. The first kappa shape index (κ1) is 21.0. The molecular weight excluding hydrogens is 406 g/mol. The van der Waals surface area contributed by atoms with Crippen LogP contribution in [0.1, 0.15) is 21.5 Å². The third-order valence-electron chi connectivity index (χ3n) is 4.47. The van der Waals surface area contributed by atoms with Gasteiger partial charge in [-0.25, -0.2) is 8.42 Å². The molecule has 0 radical (unpaired) electrons. The fourth-order valence-corrected chi connectivity index (χ4v) is 3.94. The average Bonchev–Trinajstić information content (AvgIpc) is 2.69. The van der Waals surface area contributed by atoms with Gasteiger partial charge in [0.15, 0.2) is 0 Å². The number of carbonyl (C=O) groups excluding carboxylic acids is 1. The molecule has 9 heteroatoms. The van der Waals surface area contributed by atoms with E-state index in [4.69, 9.17) is 0 Å². The second-order valence-corrected chi connectivity index (χ2v) is 8.34. The van der Waals surface area contributed by atoms with Gasteiger partial charge in [0.05, 0.1) is 15.5 Å². The normalized spacial score (nSPS) is 11.0. The fourth-order valence-electron chi connectivity index (χ4n) is 2.81. The third kappa shape index (κ3) is 4.64. The van der Waals surface area contributed by atoms with E-state index in [9.17, 15) is 23.3 Å². The average molecular weight is 425 g/mol. The largest absolute Gasteiger partial charge is 0.322 e. The number of amides is 1. The molecular formula is C21H19N3O5S. The molecule has 0 fully saturated rings. The molecule has 0 saturated heterocycles. The van der Waals surface area contributed by atoms with E-state index in [1.807, 2.05) is 6.07 Å². The molecule has 0 spiro atoms. The molecule has 0 heterocycles. The number of hydrogen-bond donors (Lipinski definition) is 2. The summed E-state index contributed by atoms with van der Waals surface area (Å²) < 4.78 is 27.7. The molecule has 0 bridgehead atoms. The van der Waals surface area contributed by atoms with Crippen LogP contribution >= 0.6 is 0 Å². The van der Waals surface area contributed by atoms with E-state index >= 15 is 0 Å². The van der Waals surface area contributed by atoms with Crippen molar-refractivity contribution in [3.05, 3.63) is 93.5 Å². The Morgan fingerprint density at radius 2 is 1.60 bits per heavy atom. The van der Waals surface area contributed by atoms with Crippen LogP contribution in [-0.4, -0.2) is 19.2 Å². The predicted octanol–water partition coefficient (Wildman–Crippen LogP) is 4.26. The second kappa shape index (κ2) is 8.34. The van der Waals surface area contributed by atoms with Crippen molar-refractivity contribution in [3.63, 3.8) is 0 Å². The number of anilines is 2. The molecule has 154 valence electrons. The second-order valence-electron chi connectivity index (χ2n) is 6.66. The zero-order valence-electron chi connectivity index (χ0n) is 16.2. The highest BCUT2D eigenvalue weighted by Gasteiger charge is 2.16. The predicted molar refractivity (Wildman–Crippen MR) is 114 cm³/mol. The molecule has 30 heavy (non-hydrogen) atoms. The van der Waals surface area contributed by atoms with Crippen molar-refractivity contribution in [2.75, 3.05) is 10.0 Å². The zero-order valence-corrected chi connectivity index (χ0v) is 17.1. The molecule has 3 aromatic carbocycles. The number of carbonyl (C=O) groups is 1. The lowest BCUT2D eigenvalue weighted by Gasteiger charge is -2.11. The van der Waals surface area contributed by atoms with Crippen molar-refractivity contribution in [2.45, 2.75) is 18.7 Å². The highest BCUT2D eigenvalue weighted by molar-refractivity contribution is 7.92. The number of rotatable bonds is 6. The number of nitro groups is 1. The van der Waals surface area contributed by atoms with Gasteiger partial charge in [-0.05, 0) is 61.9 Å². The fraction of sp³-hybridized carbons (Fsp3) is 0.0952. The van der Waals surface area contributed by atoms with E-state index in [2.05, 4.69) is 10.0 Å². The van der Waals surface area contributed by atoms with E-state index in [-0.39, 0.29) is 16.1 Å². The molecule has 0 atom stereocenters. The Balaban J connectivity index is 1.74. The van der Waals surface area contributed by atoms with Crippen molar-refractivity contribution >= 4 is 33.0 Å². The standard InChI is InChI=1S/C21H19N3O5S/c1-14-5-3-4-6-19(14)23-30(28,29)18-10-8-17(9-11-18)22-21(25)16-7-12-20(24(26)27)15(2)13-16/h3-13,23H,1-2H3,(H,22,25). The van der Waals surface area contributed by atoms with E-state index in [0.717, 1.165) is 5.56 Å². The van der Waals surface area contributed by atoms with Gasteiger partial charge in [-0.1, -0.05) is 18.2 Å². The number of sulfonamides is 1. The van der Waals surface area contributed by atoms with Gasteiger partial charge in [0, 0.05) is 22.9 Å². The highest BCUT2D eigenvalue weighted by atomic mass is 32.2. The summed E-state index contributed by atoms with van der Waals surface area (Å²) in [7, 11) is -3.78. The van der Waals surface area contributed by atoms with Crippen LogP contribution in [0.25, 0.3) is 0 Å². The Bertz CT molecular complexity index is 1220. The maximum atomic E-state index is 12.6. The molecule has 0 unspecified atom stereocenters. The molecule has 0 saturated carbocycles. The van der Waals surface area contributed by atoms with Gasteiger partial charge in [0.1, 0.15) is 0 Å². The van der Waals surface area contributed by atoms with Crippen LogP contribution in [-0.2, 0) is 10.0 Å². The highest BCUT2D eigenvalue weighted by Crippen LogP contribution is 2.22. The van der Waals surface area contributed by atoms with E-state index < -0.39 is 20.9 Å². The lowest BCUT2D eigenvalue weighted by Crippen LogP contribution is -2.15. The molecule has 0 aliphatic carbocycles. The maximum Gasteiger partial charge on any atom is 0.272 e. The summed E-state index contributed by atoms with van der Waals surface area (Å²) in [5.74, 6) is -0.457. The summed E-state index contributed by atoms with van der Waals surface area (Å²) in [4.78, 5) is 22.8. The van der Waals surface area contributed by atoms with Crippen LogP contribution in [0.2, 0.25) is 0 Å². The third-order valence-corrected chi connectivity index (χ3v) is 5.85. The monoisotopic (exact) mass is 425 g/mol. The van der Waals surface area contributed by atoms with Gasteiger partial charge >= 0.3 is 0 Å². The topological polar surface area (TPSA) is 118 Å². The number of nitro benzene ring substituents is 1. The Kier molecular flexibility index (Phi) is 5.84. The lowest BCUT2D eigenvalue weighted by atomic mass is 10.1. The van der Waals surface area contributed by atoms with Crippen LogP contribution in [0.4, 0.5) is 17.1 Å². The molecule has 3 rings (SSSR count). The SMILES string of the molecule is Cc1ccccc1NS(=O)(=O)c1ccc(NC(=O)c2ccc([N+](=O)[O-])c(C)c2)cc1. The molecule has 2 N–H and O–H groups in total. The van der Waals surface area contributed by atoms with Crippen LogP contribution < -0.4 is 10.0 Å². The van der Waals surface area contributed by atoms with Crippen LogP contribution in [0, 0.1) is 24.0 Å². The van der Waals surface area contributed by atoms with Crippen molar-refractivity contribution in [1.82, 2.24) is 0 Å². The molecule has 3 aromatic rings. The minimum Gasteiger partial charge on any atom is -0.322 e. The smallest absolute Gasteiger partial charge is 0.272 e. The number of nitrogens with zero attached hydrogens (tertiary/aromatic N) is 1. The van der Waals surface area contributed by atoms with E-state index in [1.54, 1.807) is 32.0 Å². The minimum atomic E-state index is -3.78. The molecule has 0 aliphatic rings. The van der Waals surface area contributed by atoms with Crippen molar-refractivity contribution in [1.29, 1.82) is 0 Å². The Morgan fingerprint density at radius 1 is 0.933 bits per heavy atom. The zero-order chi connectivity index (χ0) is 21.9. The van der Waals surface area contributed by atoms with Gasteiger partial charge in [-0.2, -0.15) is 0 Å². The number of nitrogens with one attached hydrogen (secondary N) is 2.